The molecule has 0 aliphatic carbocycles. The molecule has 0 amide bonds. The zero-order chi connectivity index (χ0) is 15.0. The standard InChI is InChI=1S/C11H17N2.3CH3O.Ti/c1-10(12)13-9-5-8-11-6-3-2-4-7-11;3*1-2;/h2-7,10,13H,8-9,12H2,1H3;3*1H3;/q;3*-1;+3. The molecule has 1 aromatic rings. The molecular formula is C14H26N2O3Ti. The van der Waals surface area contributed by atoms with E-state index in [4.69, 9.17) is 15.7 Å². The fraction of sp³-hybridized carbons (Fsp3) is 0.571. The summed E-state index contributed by atoms with van der Waals surface area (Å²) in [7, 11) is 4.99. The predicted octanol–water partition coefficient (Wildman–Crippen LogP) is 1.75. The number of hydrogen-bond donors (Lipinski definition) is 2. The van der Waals surface area contributed by atoms with Gasteiger partial charge in [0, 0.05) is 0 Å². The maximum atomic E-state index is 5.79. The third-order valence-corrected chi connectivity index (χ3v) is 8.23. The fourth-order valence-corrected chi connectivity index (χ4v) is 5.97. The van der Waals surface area contributed by atoms with E-state index in [1.807, 2.05) is 25.1 Å². The molecule has 0 saturated heterocycles. The van der Waals surface area contributed by atoms with Crippen LogP contribution in [0.25, 0.3) is 0 Å². The van der Waals surface area contributed by atoms with Crippen LogP contribution in [0.4, 0.5) is 0 Å². The summed E-state index contributed by atoms with van der Waals surface area (Å²) in [5.41, 5.74) is 7.03. The molecule has 1 aromatic carbocycles. The van der Waals surface area contributed by atoms with Gasteiger partial charge in [-0.15, -0.1) is 0 Å². The van der Waals surface area contributed by atoms with Crippen LogP contribution >= 0.6 is 0 Å². The molecular weight excluding hydrogens is 292 g/mol. The Kier molecular flexibility index (Phi) is 7.91. The van der Waals surface area contributed by atoms with Gasteiger partial charge in [0.05, 0.1) is 0 Å². The molecule has 0 aliphatic rings. The minimum absolute atomic E-state index is 0.0704. The van der Waals surface area contributed by atoms with Gasteiger partial charge in [0.25, 0.3) is 0 Å². The summed E-state index contributed by atoms with van der Waals surface area (Å²) >= 11 is -3.28. The molecule has 0 bridgehead atoms. The van der Waals surface area contributed by atoms with E-state index in [-0.39, 0.29) is 10.4 Å². The van der Waals surface area contributed by atoms with Gasteiger partial charge in [0.1, 0.15) is 0 Å². The Hall–Kier alpha value is -0.266. The first-order chi connectivity index (χ1) is 9.57. The second-order valence-corrected chi connectivity index (χ2v) is 9.87. The van der Waals surface area contributed by atoms with Crippen LogP contribution in [-0.2, 0) is 34.1 Å². The van der Waals surface area contributed by atoms with Crippen LogP contribution in [0, 0.1) is 0 Å². The van der Waals surface area contributed by atoms with E-state index in [0.717, 1.165) is 6.42 Å². The zero-order valence-electron chi connectivity index (χ0n) is 12.8. The van der Waals surface area contributed by atoms with Gasteiger partial charge in [-0.25, -0.2) is 0 Å². The van der Waals surface area contributed by atoms with Crippen LogP contribution in [0.5, 0.6) is 0 Å². The third-order valence-electron chi connectivity index (χ3n) is 3.36. The topological polar surface area (TPSA) is 65.7 Å². The number of benzene rings is 1. The summed E-state index contributed by atoms with van der Waals surface area (Å²) in [6.45, 7) is 2.63. The van der Waals surface area contributed by atoms with E-state index in [1.165, 1.54) is 5.56 Å². The molecule has 0 radical (unpaired) electrons. The normalized spacial score (nSPS) is 15.1. The second-order valence-electron chi connectivity index (χ2n) is 4.80. The molecule has 0 aliphatic heterocycles. The van der Waals surface area contributed by atoms with E-state index in [1.54, 1.807) is 21.3 Å². The Bertz CT molecular complexity index is 364. The molecule has 0 fully saturated rings. The van der Waals surface area contributed by atoms with E-state index < -0.39 is 17.8 Å². The van der Waals surface area contributed by atoms with E-state index in [9.17, 15) is 0 Å². The van der Waals surface area contributed by atoms with Gasteiger partial charge < -0.3 is 0 Å². The molecule has 6 heteroatoms. The van der Waals surface area contributed by atoms with E-state index >= 15 is 0 Å². The average Bonchev–Trinajstić information content (AvgIpc) is 2.47. The molecule has 114 valence electrons. The van der Waals surface area contributed by atoms with Crippen LogP contribution in [-0.4, -0.2) is 34.0 Å². The number of nitrogens with one attached hydrogen (secondary N) is 1. The van der Waals surface area contributed by atoms with Gasteiger partial charge in [-0.05, 0) is 0 Å². The van der Waals surface area contributed by atoms with Crippen LogP contribution in [0.3, 0.4) is 0 Å². The van der Waals surface area contributed by atoms with Crippen LogP contribution in [0.15, 0.2) is 30.3 Å². The first-order valence-electron chi connectivity index (χ1n) is 6.76. The van der Waals surface area contributed by atoms with Crippen LogP contribution < -0.4 is 11.1 Å². The van der Waals surface area contributed by atoms with Crippen molar-refractivity contribution < 1.29 is 27.7 Å². The molecule has 2 unspecified atom stereocenters. The first kappa shape index (κ1) is 17.8. The molecule has 5 nitrogen and oxygen atoms in total. The van der Waals surface area contributed by atoms with Gasteiger partial charge in [-0.2, -0.15) is 0 Å². The molecule has 0 saturated carbocycles. The van der Waals surface area contributed by atoms with Crippen LogP contribution in [0.2, 0.25) is 4.22 Å². The maximum absolute atomic E-state index is 5.79. The monoisotopic (exact) mass is 318 g/mol. The van der Waals surface area contributed by atoms with Gasteiger partial charge in [0.2, 0.25) is 0 Å². The second kappa shape index (κ2) is 8.90. The van der Waals surface area contributed by atoms with E-state index in [0.29, 0.717) is 6.54 Å². The van der Waals surface area contributed by atoms with Crippen molar-refractivity contribution in [3.05, 3.63) is 35.9 Å². The fourth-order valence-electron chi connectivity index (χ4n) is 2.30. The summed E-state index contributed by atoms with van der Waals surface area (Å²) in [4.78, 5) is 0. The van der Waals surface area contributed by atoms with Gasteiger partial charge in [0.15, 0.2) is 0 Å². The predicted molar refractivity (Wildman–Crippen MR) is 76.6 cm³/mol. The Labute approximate surface area is 126 Å². The van der Waals surface area contributed by atoms with Crippen molar-refractivity contribution in [1.29, 1.82) is 0 Å². The Morgan fingerprint density at radius 2 is 1.65 bits per heavy atom. The number of nitrogens with two attached hydrogens (primary N) is 1. The van der Waals surface area contributed by atoms with Crippen LogP contribution in [0.1, 0.15) is 12.5 Å². The van der Waals surface area contributed by atoms with Crippen molar-refractivity contribution in [3.63, 3.8) is 0 Å². The minimum atomic E-state index is -3.28. The molecule has 0 aromatic heterocycles. The summed E-state index contributed by atoms with van der Waals surface area (Å²) in [6, 6.07) is 10.3. The SMILES string of the molecule is C[O][Ti]([O]C)([O]C)[CH](CNC(C)N)Cc1ccccc1. The van der Waals surface area contributed by atoms with Crippen molar-refractivity contribution >= 4 is 0 Å². The third kappa shape index (κ3) is 4.93. The van der Waals surface area contributed by atoms with E-state index in [2.05, 4.69) is 17.4 Å². The van der Waals surface area contributed by atoms with Gasteiger partial charge >= 0.3 is 126 Å². The summed E-state index contributed by atoms with van der Waals surface area (Å²) in [5, 5.41) is 3.26. The van der Waals surface area contributed by atoms with Crippen molar-refractivity contribution in [3.8, 4) is 0 Å². The first-order valence-corrected chi connectivity index (χ1v) is 9.57. The van der Waals surface area contributed by atoms with Crippen molar-refractivity contribution in [2.24, 2.45) is 5.73 Å². The summed E-state index contributed by atoms with van der Waals surface area (Å²) in [5.74, 6) is 0. The summed E-state index contributed by atoms with van der Waals surface area (Å²) < 4.78 is 17.2. The molecule has 20 heavy (non-hydrogen) atoms. The zero-order valence-corrected chi connectivity index (χ0v) is 14.3. The van der Waals surface area contributed by atoms with Crippen molar-refractivity contribution in [2.75, 3.05) is 27.9 Å². The molecule has 0 spiro atoms. The Morgan fingerprint density at radius 3 is 2.10 bits per heavy atom. The van der Waals surface area contributed by atoms with Gasteiger partial charge in [-0.1, -0.05) is 0 Å². The average molecular weight is 318 g/mol. The molecule has 0 heterocycles. The Morgan fingerprint density at radius 1 is 1.10 bits per heavy atom. The number of hydrogen-bond acceptors (Lipinski definition) is 5. The summed E-state index contributed by atoms with van der Waals surface area (Å²) in [6.07, 6.45) is 0.773. The van der Waals surface area contributed by atoms with Crippen molar-refractivity contribution in [2.45, 2.75) is 23.7 Å². The molecule has 2 atom stereocenters. The van der Waals surface area contributed by atoms with Gasteiger partial charge in [-0.3, -0.25) is 0 Å². The molecule has 1 rings (SSSR count). The number of rotatable bonds is 9. The van der Waals surface area contributed by atoms with Crippen molar-refractivity contribution in [1.82, 2.24) is 5.32 Å². The Balaban J connectivity index is 2.88. The quantitative estimate of drug-likeness (QED) is 0.536. The molecule has 3 N–H and O–H groups in total.